The number of hydrogen-bond donors (Lipinski definition) is 3. The average Bonchev–Trinajstić information content (AvgIpc) is 2.77. The maximum absolute atomic E-state index is 13.2. The largest absolute Gasteiger partial charge is 0.486 e. The van der Waals surface area contributed by atoms with Crippen molar-refractivity contribution in [1.29, 1.82) is 0 Å². The fraction of sp³-hybridized carbons (Fsp3) is 0.556. The van der Waals surface area contributed by atoms with Crippen LogP contribution in [0.1, 0.15) is 12.8 Å². The van der Waals surface area contributed by atoms with Crippen LogP contribution >= 0.6 is 0 Å². The van der Waals surface area contributed by atoms with Gasteiger partial charge in [0.15, 0.2) is 11.5 Å². The Labute approximate surface area is 174 Å². The lowest BCUT2D eigenvalue weighted by atomic mass is 10.3. The molecular formula is C18H25N3O8S. The minimum atomic E-state index is -3.94. The second-order valence-electron chi connectivity index (χ2n) is 6.64. The average molecular weight is 443 g/mol. The summed E-state index contributed by atoms with van der Waals surface area (Å²) < 4.78 is 43.9. The molecule has 2 aliphatic rings. The highest BCUT2D eigenvalue weighted by Gasteiger charge is 2.35. The number of nitrogens with one attached hydrogen (secondary N) is 2. The Bertz CT molecular complexity index is 876. The van der Waals surface area contributed by atoms with Gasteiger partial charge in [0.1, 0.15) is 19.4 Å². The zero-order valence-corrected chi connectivity index (χ0v) is 17.2. The molecule has 1 saturated heterocycles. The van der Waals surface area contributed by atoms with Crippen molar-refractivity contribution in [1.82, 2.24) is 14.9 Å². The molecule has 1 fully saturated rings. The number of aliphatic hydroxyl groups is 1. The lowest BCUT2D eigenvalue weighted by molar-refractivity contribution is -0.140. The summed E-state index contributed by atoms with van der Waals surface area (Å²) in [6.45, 7) is 1.14. The van der Waals surface area contributed by atoms with Crippen LogP contribution in [0.25, 0.3) is 0 Å². The van der Waals surface area contributed by atoms with Crippen LogP contribution in [-0.4, -0.2) is 81.9 Å². The Morgan fingerprint density at radius 1 is 1.10 bits per heavy atom. The van der Waals surface area contributed by atoms with Gasteiger partial charge in [-0.3, -0.25) is 9.59 Å². The highest BCUT2D eigenvalue weighted by Crippen LogP contribution is 2.34. The molecule has 2 heterocycles. The number of hydrogen-bond acceptors (Lipinski definition) is 8. The number of sulfonamides is 1. The van der Waals surface area contributed by atoms with E-state index in [2.05, 4.69) is 10.6 Å². The molecule has 1 unspecified atom stereocenters. The van der Waals surface area contributed by atoms with Crippen LogP contribution in [0.2, 0.25) is 0 Å². The summed E-state index contributed by atoms with van der Waals surface area (Å²) >= 11 is 0. The van der Waals surface area contributed by atoms with Gasteiger partial charge in [0, 0.05) is 25.8 Å². The Morgan fingerprint density at radius 3 is 2.60 bits per heavy atom. The second-order valence-corrected chi connectivity index (χ2v) is 8.53. The molecule has 0 aromatic heterocycles. The smallest absolute Gasteiger partial charge is 0.309 e. The van der Waals surface area contributed by atoms with Crippen LogP contribution in [0.3, 0.4) is 0 Å². The third-order valence-electron chi connectivity index (χ3n) is 4.54. The Hall–Kier alpha value is -2.41. The predicted molar refractivity (Wildman–Crippen MR) is 103 cm³/mol. The SMILES string of the molecule is O=C(NCCCO)C(=O)NCC1OCCCN1S(=O)(=O)c1ccc2c(c1)OCCO2. The molecule has 0 bridgehead atoms. The first-order valence-electron chi connectivity index (χ1n) is 9.63. The summed E-state index contributed by atoms with van der Waals surface area (Å²) in [6, 6.07) is 4.38. The molecule has 2 aliphatic heterocycles. The van der Waals surface area contributed by atoms with Crippen LogP contribution in [0.5, 0.6) is 11.5 Å². The molecule has 0 spiro atoms. The molecule has 0 radical (unpaired) electrons. The number of aliphatic hydroxyl groups excluding tert-OH is 1. The number of fused-ring (bicyclic) bond motifs is 1. The molecule has 11 nitrogen and oxygen atoms in total. The molecule has 1 aromatic rings. The summed E-state index contributed by atoms with van der Waals surface area (Å²) in [5, 5.41) is 13.5. The van der Waals surface area contributed by atoms with Crippen molar-refractivity contribution in [2.45, 2.75) is 24.0 Å². The van der Waals surface area contributed by atoms with Crippen molar-refractivity contribution >= 4 is 21.8 Å². The summed E-state index contributed by atoms with van der Waals surface area (Å²) in [5.41, 5.74) is 0. The van der Waals surface area contributed by atoms with Gasteiger partial charge in [0.2, 0.25) is 10.0 Å². The summed E-state index contributed by atoms with van der Waals surface area (Å²) in [5.74, 6) is -0.935. The molecule has 12 heteroatoms. The van der Waals surface area contributed by atoms with E-state index in [0.29, 0.717) is 44.2 Å². The fourth-order valence-corrected chi connectivity index (χ4v) is 4.62. The van der Waals surface area contributed by atoms with E-state index in [0.717, 1.165) is 4.31 Å². The van der Waals surface area contributed by atoms with E-state index >= 15 is 0 Å². The zero-order chi connectivity index (χ0) is 21.6. The fourth-order valence-electron chi connectivity index (χ4n) is 3.04. The standard InChI is InChI=1S/C18H25N3O8S/c22-7-1-5-19-17(23)18(24)20-12-16-21(6-2-8-29-16)30(25,26)13-3-4-14-15(11-13)28-10-9-27-14/h3-4,11,16,22H,1-2,5-10,12H2,(H,19,23)(H,20,24). The van der Waals surface area contributed by atoms with Gasteiger partial charge < -0.3 is 30.0 Å². The number of carbonyl (C=O) groups is 2. The number of amides is 2. The van der Waals surface area contributed by atoms with Gasteiger partial charge >= 0.3 is 11.8 Å². The molecule has 2 amide bonds. The molecule has 166 valence electrons. The molecule has 0 aliphatic carbocycles. The number of nitrogens with zero attached hydrogens (tertiary/aromatic N) is 1. The first-order valence-corrected chi connectivity index (χ1v) is 11.1. The summed E-state index contributed by atoms with van der Waals surface area (Å²) in [6.07, 6.45) is -0.131. The van der Waals surface area contributed by atoms with Crippen molar-refractivity contribution < 1.29 is 37.3 Å². The molecule has 0 saturated carbocycles. The normalized spacial score (nSPS) is 19.2. The topological polar surface area (TPSA) is 143 Å². The lowest BCUT2D eigenvalue weighted by Gasteiger charge is -2.34. The number of benzene rings is 1. The first-order chi connectivity index (χ1) is 14.4. The van der Waals surface area contributed by atoms with Crippen molar-refractivity contribution in [3.8, 4) is 11.5 Å². The monoisotopic (exact) mass is 443 g/mol. The maximum Gasteiger partial charge on any atom is 0.309 e. The van der Waals surface area contributed by atoms with E-state index in [-0.39, 0.29) is 31.1 Å². The minimum absolute atomic E-state index is 0.0234. The van der Waals surface area contributed by atoms with E-state index in [1.165, 1.54) is 12.1 Å². The van der Waals surface area contributed by atoms with Gasteiger partial charge in [0.05, 0.1) is 18.0 Å². The minimum Gasteiger partial charge on any atom is -0.486 e. The van der Waals surface area contributed by atoms with Crippen molar-refractivity contribution in [2.75, 3.05) is 46.1 Å². The third kappa shape index (κ3) is 5.19. The Morgan fingerprint density at radius 2 is 1.83 bits per heavy atom. The van der Waals surface area contributed by atoms with E-state index in [1.54, 1.807) is 6.07 Å². The molecule has 3 N–H and O–H groups in total. The van der Waals surface area contributed by atoms with Gasteiger partial charge in [0.25, 0.3) is 0 Å². The van der Waals surface area contributed by atoms with Gasteiger partial charge in [-0.05, 0) is 25.0 Å². The number of carbonyl (C=O) groups excluding carboxylic acids is 2. The van der Waals surface area contributed by atoms with Crippen molar-refractivity contribution in [3.05, 3.63) is 18.2 Å². The molecule has 1 aromatic carbocycles. The van der Waals surface area contributed by atoms with Crippen LogP contribution < -0.4 is 20.1 Å². The Kier molecular flexibility index (Phi) is 7.48. The van der Waals surface area contributed by atoms with Crippen LogP contribution in [0, 0.1) is 0 Å². The Balaban J connectivity index is 1.67. The highest BCUT2D eigenvalue weighted by molar-refractivity contribution is 7.89. The third-order valence-corrected chi connectivity index (χ3v) is 6.42. The van der Waals surface area contributed by atoms with E-state index in [4.69, 9.17) is 19.3 Å². The number of ether oxygens (including phenoxy) is 3. The van der Waals surface area contributed by atoms with E-state index in [1.807, 2.05) is 0 Å². The van der Waals surface area contributed by atoms with Gasteiger partial charge in [-0.25, -0.2) is 8.42 Å². The molecule has 30 heavy (non-hydrogen) atoms. The first kappa shape index (κ1) is 22.3. The summed E-state index contributed by atoms with van der Waals surface area (Å²) in [7, 11) is -3.94. The van der Waals surface area contributed by atoms with Gasteiger partial charge in [-0.1, -0.05) is 0 Å². The van der Waals surface area contributed by atoms with E-state index in [9.17, 15) is 18.0 Å². The van der Waals surface area contributed by atoms with Gasteiger partial charge in [-0.15, -0.1) is 0 Å². The predicted octanol–water partition coefficient (Wildman–Crippen LogP) is -1.19. The van der Waals surface area contributed by atoms with Crippen molar-refractivity contribution in [3.63, 3.8) is 0 Å². The molecular weight excluding hydrogens is 418 g/mol. The molecule has 1 atom stereocenters. The quantitative estimate of drug-likeness (QED) is 0.353. The van der Waals surface area contributed by atoms with E-state index < -0.39 is 28.1 Å². The highest BCUT2D eigenvalue weighted by atomic mass is 32.2. The van der Waals surface area contributed by atoms with Gasteiger partial charge in [-0.2, -0.15) is 4.31 Å². The molecule has 3 rings (SSSR count). The lowest BCUT2D eigenvalue weighted by Crippen LogP contribution is -2.53. The van der Waals surface area contributed by atoms with Crippen LogP contribution in [0.15, 0.2) is 23.1 Å². The maximum atomic E-state index is 13.2. The second kappa shape index (κ2) is 10.1. The number of rotatable bonds is 7. The zero-order valence-electron chi connectivity index (χ0n) is 16.3. The van der Waals surface area contributed by atoms with Crippen molar-refractivity contribution in [2.24, 2.45) is 0 Å². The summed E-state index contributed by atoms with van der Waals surface area (Å²) in [4.78, 5) is 23.7. The van der Waals surface area contributed by atoms with Crippen LogP contribution in [0.4, 0.5) is 0 Å². The van der Waals surface area contributed by atoms with Crippen LogP contribution in [-0.2, 0) is 24.3 Å².